The maximum atomic E-state index is 13.2. The lowest BCUT2D eigenvalue weighted by molar-refractivity contribution is -0.138. The third-order valence-electron chi connectivity index (χ3n) is 6.16. The molecular weight excluding hydrogens is 372 g/mol. The fourth-order valence-corrected chi connectivity index (χ4v) is 5.98. The van der Waals surface area contributed by atoms with Gasteiger partial charge < -0.3 is 4.90 Å². The predicted molar refractivity (Wildman–Crippen MR) is 112 cm³/mol. The third kappa shape index (κ3) is 4.43. The summed E-state index contributed by atoms with van der Waals surface area (Å²) in [7, 11) is -3.55. The Labute approximate surface area is 170 Å². The summed E-state index contributed by atoms with van der Waals surface area (Å²) in [5.41, 5.74) is 1.10. The number of hydrogen-bond acceptors (Lipinski definition) is 3. The van der Waals surface area contributed by atoms with Gasteiger partial charge in [0.25, 0.3) is 0 Å². The van der Waals surface area contributed by atoms with Gasteiger partial charge in [0, 0.05) is 31.6 Å². The van der Waals surface area contributed by atoms with Crippen LogP contribution in [-0.2, 0) is 20.2 Å². The summed E-state index contributed by atoms with van der Waals surface area (Å²) < 4.78 is 27.9. The molecule has 1 saturated heterocycles. The van der Waals surface area contributed by atoms with Gasteiger partial charge in [0.2, 0.25) is 15.9 Å². The van der Waals surface area contributed by atoms with Gasteiger partial charge >= 0.3 is 0 Å². The molecule has 1 saturated carbocycles. The first kappa shape index (κ1) is 21.3. The van der Waals surface area contributed by atoms with E-state index in [9.17, 15) is 13.2 Å². The molecule has 1 aliphatic carbocycles. The Kier molecular flexibility index (Phi) is 6.20. The first-order valence-corrected chi connectivity index (χ1v) is 12.0. The van der Waals surface area contributed by atoms with Crippen molar-refractivity contribution in [1.29, 1.82) is 0 Å². The fourth-order valence-electron chi connectivity index (χ4n) is 4.37. The summed E-state index contributed by atoms with van der Waals surface area (Å²) in [6.45, 7) is 9.57. The van der Waals surface area contributed by atoms with E-state index in [1.807, 2.05) is 24.0 Å². The van der Waals surface area contributed by atoms with Gasteiger partial charge in [-0.1, -0.05) is 52.2 Å². The Morgan fingerprint density at radius 2 is 1.61 bits per heavy atom. The summed E-state index contributed by atoms with van der Waals surface area (Å²) in [5, 5.41) is 0. The predicted octanol–water partition coefficient (Wildman–Crippen LogP) is 3.79. The lowest BCUT2D eigenvalue weighted by Gasteiger charge is -2.40. The van der Waals surface area contributed by atoms with E-state index in [0.29, 0.717) is 24.5 Å². The first-order chi connectivity index (χ1) is 13.1. The van der Waals surface area contributed by atoms with Crippen molar-refractivity contribution in [3.8, 4) is 0 Å². The average molecular weight is 407 g/mol. The van der Waals surface area contributed by atoms with Gasteiger partial charge in [-0.25, -0.2) is 8.42 Å². The fraction of sp³-hybridized carbons (Fsp3) is 0.682. The lowest BCUT2D eigenvalue weighted by Crippen LogP contribution is -2.56. The van der Waals surface area contributed by atoms with Crippen molar-refractivity contribution >= 4 is 15.9 Å². The zero-order valence-electron chi connectivity index (χ0n) is 17.6. The SMILES string of the molecule is CC1CN(C(=O)C2CCCCC2)CCN1S(=O)(=O)c1ccc(C(C)(C)C)cc1. The maximum Gasteiger partial charge on any atom is 0.243 e. The van der Waals surface area contributed by atoms with Gasteiger partial charge in [0.15, 0.2) is 0 Å². The number of benzene rings is 1. The largest absolute Gasteiger partial charge is 0.340 e. The van der Waals surface area contributed by atoms with Crippen molar-refractivity contribution in [2.24, 2.45) is 5.92 Å². The molecule has 5 nitrogen and oxygen atoms in total. The number of hydrogen-bond donors (Lipinski definition) is 0. The molecule has 0 radical (unpaired) electrons. The van der Waals surface area contributed by atoms with Crippen molar-refractivity contribution in [2.75, 3.05) is 19.6 Å². The number of rotatable bonds is 3. The molecule has 156 valence electrons. The normalized spacial score (nSPS) is 23.0. The van der Waals surface area contributed by atoms with Crippen molar-refractivity contribution in [1.82, 2.24) is 9.21 Å². The summed E-state index contributed by atoms with van der Waals surface area (Å²) in [6, 6.07) is 7.01. The summed E-state index contributed by atoms with van der Waals surface area (Å²) in [5.74, 6) is 0.354. The minimum atomic E-state index is -3.55. The van der Waals surface area contributed by atoms with Crippen LogP contribution in [0.2, 0.25) is 0 Å². The molecule has 1 heterocycles. The van der Waals surface area contributed by atoms with Crippen LogP contribution in [0.3, 0.4) is 0 Å². The van der Waals surface area contributed by atoms with Crippen LogP contribution in [0.25, 0.3) is 0 Å². The Bertz CT molecular complexity index is 790. The van der Waals surface area contributed by atoms with Crippen LogP contribution in [0.15, 0.2) is 29.2 Å². The summed E-state index contributed by atoms with van der Waals surface area (Å²) >= 11 is 0. The Hall–Kier alpha value is -1.40. The molecule has 0 spiro atoms. The third-order valence-corrected chi connectivity index (χ3v) is 8.19. The van der Waals surface area contributed by atoms with Crippen LogP contribution in [0.4, 0.5) is 0 Å². The maximum absolute atomic E-state index is 13.2. The molecule has 0 N–H and O–H groups in total. The second-order valence-corrected chi connectivity index (χ2v) is 11.2. The number of nitrogens with zero attached hydrogens (tertiary/aromatic N) is 2. The topological polar surface area (TPSA) is 57.7 Å². The summed E-state index contributed by atoms with van der Waals surface area (Å²) in [6.07, 6.45) is 5.44. The molecule has 1 aromatic carbocycles. The minimum Gasteiger partial charge on any atom is -0.340 e. The number of piperazine rings is 1. The van der Waals surface area contributed by atoms with E-state index >= 15 is 0 Å². The van der Waals surface area contributed by atoms with Gasteiger partial charge in [0.1, 0.15) is 0 Å². The van der Waals surface area contributed by atoms with Crippen LogP contribution in [0.5, 0.6) is 0 Å². The average Bonchev–Trinajstić information content (AvgIpc) is 2.67. The van der Waals surface area contributed by atoms with E-state index in [1.54, 1.807) is 16.4 Å². The van der Waals surface area contributed by atoms with Gasteiger partial charge in [-0.15, -0.1) is 0 Å². The van der Waals surface area contributed by atoms with Crippen LogP contribution in [0, 0.1) is 5.92 Å². The van der Waals surface area contributed by atoms with Crippen LogP contribution < -0.4 is 0 Å². The molecule has 0 bridgehead atoms. The van der Waals surface area contributed by atoms with E-state index in [2.05, 4.69) is 20.8 Å². The lowest BCUT2D eigenvalue weighted by atomic mass is 9.87. The Morgan fingerprint density at radius 1 is 1.00 bits per heavy atom. The van der Waals surface area contributed by atoms with Crippen molar-refractivity contribution in [3.63, 3.8) is 0 Å². The minimum absolute atomic E-state index is 0.0132. The molecule has 28 heavy (non-hydrogen) atoms. The Balaban J connectivity index is 1.70. The summed E-state index contributed by atoms with van der Waals surface area (Å²) in [4.78, 5) is 15.0. The second-order valence-electron chi connectivity index (χ2n) is 9.36. The molecular formula is C22H34N2O3S. The highest BCUT2D eigenvalue weighted by molar-refractivity contribution is 7.89. The number of carbonyl (C=O) groups excluding carboxylic acids is 1. The van der Waals surface area contributed by atoms with Gasteiger partial charge in [-0.2, -0.15) is 4.31 Å². The molecule has 1 unspecified atom stereocenters. The molecule has 1 amide bonds. The van der Waals surface area contributed by atoms with Gasteiger partial charge in [-0.3, -0.25) is 4.79 Å². The molecule has 1 atom stereocenters. The van der Waals surface area contributed by atoms with Gasteiger partial charge in [-0.05, 0) is 42.9 Å². The van der Waals surface area contributed by atoms with Crippen LogP contribution in [-0.4, -0.2) is 49.2 Å². The molecule has 1 aromatic rings. The highest BCUT2D eigenvalue weighted by Crippen LogP contribution is 2.29. The molecule has 3 rings (SSSR count). The van der Waals surface area contributed by atoms with Crippen LogP contribution >= 0.6 is 0 Å². The highest BCUT2D eigenvalue weighted by Gasteiger charge is 2.37. The van der Waals surface area contributed by atoms with Crippen LogP contribution in [0.1, 0.15) is 65.4 Å². The zero-order chi connectivity index (χ0) is 20.5. The molecule has 2 fully saturated rings. The molecule has 2 aliphatic rings. The molecule has 6 heteroatoms. The number of amides is 1. The van der Waals surface area contributed by atoms with E-state index in [-0.39, 0.29) is 23.3 Å². The molecule has 0 aromatic heterocycles. The van der Waals surface area contributed by atoms with E-state index in [4.69, 9.17) is 0 Å². The van der Waals surface area contributed by atoms with E-state index in [1.165, 1.54) is 6.42 Å². The molecule has 1 aliphatic heterocycles. The number of carbonyl (C=O) groups is 1. The van der Waals surface area contributed by atoms with Crippen molar-refractivity contribution in [3.05, 3.63) is 29.8 Å². The standard InChI is InChI=1S/C22H34N2O3S/c1-17-16-23(21(25)18-8-6-5-7-9-18)14-15-24(17)28(26,27)20-12-10-19(11-13-20)22(2,3)4/h10-13,17-18H,5-9,14-16H2,1-4H3. The smallest absolute Gasteiger partial charge is 0.243 e. The quantitative estimate of drug-likeness (QED) is 0.767. The van der Waals surface area contributed by atoms with Crippen molar-refractivity contribution < 1.29 is 13.2 Å². The first-order valence-electron chi connectivity index (χ1n) is 10.5. The van der Waals surface area contributed by atoms with E-state index in [0.717, 1.165) is 31.2 Å². The number of sulfonamides is 1. The van der Waals surface area contributed by atoms with Gasteiger partial charge in [0.05, 0.1) is 4.90 Å². The monoisotopic (exact) mass is 406 g/mol. The highest BCUT2D eigenvalue weighted by atomic mass is 32.2. The zero-order valence-corrected chi connectivity index (χ0v) is 18.5. The second kappa shape index (κ2) is 8.15. The Morgan fingerprint density at radius 3 is 2.14 bits per heavy atom. The van der Waals surface area contributed by atoms with E-state index < -0.39 is 10.0 Å². The van der Waals surface area contributed by atoms with Crippen molar-refractivity contribution in [2.45, 2.75) is 76.2 Å².